The van der Waals surface area contributed by atoms with Crippen molar-refractivity contribution in [1.82, 2.24) is 20.0 Å². The lowest BCUT2D eigenvalue weighted by Gasteiger charge is -2.27. The van der Waals surface area contributed by atoms with E-state index in [0.717, 1.165) is 17.0 Å². The van der Waals surface area contributed by atoms with Crippen LogP contribution < -0.4 is 11.1 Å². The average molecular weight is 513 g/mol. The number of benzene rings is 1. The molecule has 1 aromatic heterocycles. The third-order valence-corrected chi connectivity index (χ3v) is 5.71. The lowest BCUT2D eigenvalue weighted by atomic mass is 10.1. The molecule has 0 radical (unpaired) electrons. The second kappa shape index (κ2) is 9.36. The molecule has 9 nitrogen and oxygen atoms in total. The minimum absolute atomic E-state index is 0.0447. The van der Waals surface area contributed by atoms with Crippen LogP contribution in [0.4, 0.5) is 22.4 Å². The van der Waals surface area contributed by atoms with Crippen molar-refractivity contribution >= 4 is 12.0 Å². The number of nitrogens with one attached hydrogen (secondary N) is 1. The highest BCUT2D eigenvalue weighted by Crippen LogP contribution is 2.37. The van der Waals surface area contributed by atoms with E-state index in [2.05, 4.69) is 10.4 Å². The van der Waals surface area contributed by atoms with E-state index in [9.17, 15) is 27.2 Å². The monoisotopic (exact) mass is 513 g/mol. The standard InChI is InChI=1S/C23H27F4N5O4/c1-22(2,3)36-21(34)31-11-14(24)8-16(31)20(33)29-9-12-10-32(30-17(12)18-19(28)35-18)15-6-4-13(5-7-15)23(25,26)27/h4-7,10,14,16,18-19H,8-9,11,28H2,1-3H3,(H,29,33). The van der Waals surface area contributed by atoms with Crippen LogP contribution in [-0.2, 0) is 27.0 Å². The first kappa shape index (κ1) is 25.9. The molecule has 13 heteroatoms. The molecule has 2 fully saturated rings. The van der Waals surface area contributed by atoms with Crippen LogP contribution in [0.5, 0.6) is 0 Å². The third kappa shape index (κ3) is 5.78. The predicted molar refractivity (Wildman–Crippen MR) is 118 cm³/mol. The summed E-state index contributed by atoms with van der Waals surface area (Å²) in [6.45, 7) is 4.71. The summed E-state index contributed by atoms with van der Waals surface area (Å²) < 4.78 is 64.7. The molecule has 2 saturated heterocycles. The summed E-state index contributed by atoms with van der Waals surface area (Å²) >= 11 is 0. The van der Waals surface area contributed by atoms with Gasteiger partial charge in [-0.2, -0.15) is 18.3 Å². The molecule has 4 unspecified atom stereocenters. The zero-order valence-electron chi connectivity index (χ0n) is 19.9. The van der Waals surface area contributed by atoms with Crippen LogP contribution in [0.25, 0.3) is 5.69 Å². The number of nitrogens with zero attached hydrogens (tertiary/aromatic N) is 3. The van der Waals surface area contributed by atoms with Gasteiger partial charge in [-0.15, -0.1) is 0 Å². The number of amides is 2. The van der Waals surface area contributed by atoms with Gasteiger partial charge in [0.25, 0.3) is 0 Å². The van der Waals surface area contributed by atoms with Crippen LogP contribution in [0.1, 0.15) is 50.1 Å². The Kier molecular flexibility index (Phi) is 6.73. The smallest absolute Gasteiger partial charge is 0.416 e. The summed E-state index contributed by atoms with van der Waals surface area (Å²) in [5, 5.41) is 7.08. The normalized spacial score (nSPS) is 24.1. The molecular weight excluding hydrogens is 486 g/mol. The Labute approximate surface area is 204 Å². The maximum Gasteiger partial charge on any atom is 0.416 e. The fourth-order valence-corrected chi connectivity index (χ4v) is 3.93. The SMILES string of the molecule is CC(C)(C)OC(=O)N1CC(F)CC1C(=O)NCc1cn(-c2ccc(C(F)(F)F)cc2)nc1C1OC1N. The topological polar surface area (TPSA) is 115 Å². The second-order valence-corrected chi connectivity index (χ2v) is 9.75. The van der Waals surface area contributed by atoms with E-state index in [1.54, 1.807) is 27.0 Å². The summed E-state index contributed by atoms with van der Waals surface area (Å²) in [4.78, 5) is 26.4. The maximum atomic E-state index is 14.1. The summed E-state index contributed by atoms with van der Waals surface area (Å²) in [6, 6.07) is 3.37. The van der Waals surface area contributed by atoms with Crippen LogP contribution >= 0.6 is 0 Å². The Morgan fingerprint density at radius 3 is 2.42 bits per heavy atom. The van der Waals surface area contributed by atoms with Crippen LogP contribution in [0.2, 0.25) is 0 Å². The van der Waals surface area contributed by atoms with Crippen molar-refractivity contribution in [2.45, 2.75) is 70.1 Å². The first-order valence-corrected chi connectivity index (χ1v) is 11.3. The Morgan fingerprint density at radius 2 is 1.86 bits per heavy atom. The van der Waals surface area contributed by atoms with Crippen molar-refractivity contribution < 1.29 is 36.6 Å². The largest absolute Gasteiger partial charge is 0.444 e. The first-order valence-electron chi connectivity index (χ1n) is 11.3. The van der Waals surface area contributed by atoms with Gasteiger partial charge in [0, 0.05) is 24.7 Å². The van der Waals surface area contributed by atoms with Gasteiger partial charge >= 0.3 is 12.3 Å². The summed E-state index contributed by atoms with van der Waals surface area (Å²) in [7, 11) is 0. The third-order valence-electron chi connectivity index (χ3n) is 5.71. The summed E-state index contributed by atoms with van der Waals surface area (Å²) in [6.07, 6.45) is -6.37. The fourth-order valence-electron chi connectivity index (χ4n) is 3.93. The van der Waals surface area contributed by atoms with Crippen LogP contribution in [0, 0.1) is 0 Å². The number of hydrogen-bond donors (Lipinski definition) is 2. The van der Waals surface area contributed by atoms with Gasteiger partial charge in [0.05, 0.1) is 17.8 Å². The second-order valence-electron chi connectivity index (χ2n) is 9.75. The van der Waals surface area contributed by atoms with Gasteiger partial charge in [-0.3, -0.25) is 9.69 Å². The number of carbonyl (C=O) groups excluding carboxylic acids is 2. The fraction of sp³-hybridized carbons (Fsp3) is 0.522. The van der Waals surface area contributed by atoms with Gasteiger partial charge in [-0.1, -0.05) is 0 Å². The molecule has 3 N–H and O–H groups in total. The van der Waals surface area contributed by atoms with Crippen molar-refractivity contribution in [3.63, 3.8) is 0 Å². The molecule has 3 heterocycles. The minimum Gasteiger partial charge on any atom is -0.444 e. The molecule has 2 amide bonds. The van der Waals surface area contributed by atoms with E-state index in [4.69, 9.17) is 15.2 Å². The molecule has 2 aliphatic rings. The van der Waals surface area contributed by atoms with E-state index in [1.165, 1.54) is 16.8 Å². The van der Waals surface area contributed by atoms with E-state index >= 15 is 0 Å². The van der Waals surface area contributed by atoms with E-state index in [1.807, 2.05) is 0 Å². The number of rotatable bonds is 5. The van der Waals surface area contributed by atoms with Gasteiger partial charge in [-0.25, -0.2) is 13.9 Å². The number of nitrogens with two attached hydrogens (primary N) is 1. The van der Waals surface area contributed by atoms with Gasteiger partial charge in [0.15, 0.2) is 0 Å². The zero-order chi connectivity index (χ0) is 26.4. The number of halogens is 4. The van der Waals surface area contributed by atoms with Gasteiger partial charge in [0.2, 0.25) is 5.91 Å². The molecule has 2 aromatic rings. The molecule has 0 aliphatic carbocycles. The molecule has 1 aromatic carbocycles. The molecule has 4 rings (SSSR count). The Balaban J connectivity index is 1.49. The zero-order valence-corrected chi connectivity index (χ0v) is 19.9. The first-order chi connectivity index (χ1) is 16.7. The highest BCUT2D eigenvalue weighted by molar-refractivity contribution is 5.86. The van der Waals surface area contributed by atoms with Gasteiger partial charge in [0.1, 0.15) is 35.8 Å². The van der Waals surface area contributed by atoms with Crippen LogP contribution in [-0.4, -0.2) is 57.3 Å². The molecule has 36 heavy (non-hydrogen) atoms. The quantitative estimate of drug-likeness (QED) is 0.469. The Hall–Kier alpha value is -3.19. The number of epoxide rings is 1. The molecule has 4 atom stereocenters. The molecular formula is C23H27F4N5O4. The Bertz CT molecular complexity index is 1130. The van der Waals surface area contributed by atoms with Crippen molar-refractivity contribution in [3.05, 3.63) is 47.3 Å². The summed E-state index contributed by atoms with van der Waals surface area (Å²) in [5.74, 6) is -0.574. The van der Waals surface area contributed by atoms with Crippen LogP contribution in [0.15, 0.2) is 30.5 Å². The molecule has 0 saturated carbocycles. The Morgan fingerprint density at radius 1 is 1.22 bits per heavy atom. The highest BCUT2D eigenvalue weighted by Gasteiger charge is 2.43. The highest BCUT2D eigenvalue weighted by atomic mass is 19.4. The van der Waals surface area contributed by atoms with Crippen molar-refractivity contribution in [1.29, 1.82) is 0 Å². The van der Waals surface area contributed by atoms with E-state index in [0.29, 0.717) is 16.9 Å². The summed E-state index contributed by atoms with van der Waals surface area (Å²) in [5.41, 5.74) is 5.46. The van der Waals surface area contributed by atoms with Crippen molar-refractivity contribution in [3.8, 4) is 5.69 Å². The predicted octanol–water partition coefficient (Wildman–Crippen LogP) is 3.21. The molecule has 0 bridgehead atoms. The van der Waals surface area contributed by atoms with Crippen LogP contribution in [0.3, 0.4) is 0 Å². The number of likely N-dealkylation sites (tertiary alicyclic amines) is 1. The van der Waals surface area contributed by atoms with E-state index < -0.39 is 53.9 Å². The number of aromatic nitrogens is 2. The number of hydrogen-bond acceptors (Lipinski definition) is 6. The molecule has 0 spiro atoms. The van der Waals surface area contributed by atoms with E-state index in [-0.39, 0.29) is 19.5 Å². The number of ether oxygens (including phenoxy) is 2. The minimum atomic E-state index is -4.47. The number of alkyl halides is 4. The number of carbonyl (C=O) groups is 2. The maximum absolute atomic E-state index is 14.1. The molecule has 196 valence electrons. The van der Waals surface area contributed by atoms with Gasteiger partial charge in [-0.05, 0) is 45.0 Å². The lowest BCUT2D eigenvalue weighted by Crippen LogP contribution is -2.47. The van der Waals surface area contributed by atoms with Gasteiger partial charge < -0.3 is 20.5 Å². The lowest BCUT2D eigenvalue weighted by molar-refractivity contribution is -0.137. The van der Waals surface area contributed by atoms with Crippen molar-refractivity contribution in [2.75, 3.05) is 6.54 Å². The van der Waals surface area contributed by atoms with Crippen molar-refractivity contribution in [2.24, 2.45) is 5.73 Å². The average Bonchev–Trinajstić information content (AvgIpc) is 3.17. The molecule has 2 aliphatic heterocycles.